The van der Waals surface area contributed by atoms with Gasteiger partial charge in [0.25, 0.3) is 0 Å². The summed E-state index contributed by atoms with van der Waals surface area (Å²) < 4.78 is 22.5. The van der Waals surface area contributed by atoms with E-state index in [2.05, 4.69) is 10.6 Å². The van der Waals surface area contributed by atoms with Crippen LogP contribution in [0.15, 0.2) is 29.2 Å². The molecule has 1 rings (SSSR count). The lowest BCUT2D eigenvalue weighted by Crippen LogP contribution is -2.18. The summed E-state index contributed by atoms with van der Waals surface area (Å²) in [7, 11) is -1.53. The Morgan fingerprint density at radius 3 is 2.33 bits per heavy atom. The van der Waals surface area contributed by atoms with Crippen LogP contribution in [0.1, 0.15) is 12.8 Å². The monoisotopic (exact) mass is 270 g/mol. The molecule has 0 unspecified atom stereocenters. The summed E-state index contributed by atoms with van der Waals surface area (Å²) in [5.74, 6) is 0.0178. The average molecular weight is 270 g/mol. The standard InChI is InChI=1S/C12H18N2O3S/c1-13-12(15)4-3-9-14-10-5-7-11(8-6-10)18(2,16)17/h5-8,14H,3-4,9H2,1-2H3,(H,13,15). The maximum Gasteiger partial charge on any atom is 0.219 e. The highest BCUT2D eigenvalue weighted by molar-refractivity contribution is 7.90. The summed E-state index contributed by atoms with van der Waals surface area (Å²) in [5, 5.41) is 5.68. The third-order valence-corrected chi connectivity index (χ3v) is 3.60. The van der Waals surface area contributed by atoms with Gasteiger partial charge in [-0.05, 0) is 30.7 Å². The molecule has 100 valence electrons. The third-order valence-electron chi connectivity index (χ3n) is 2.47. The van der Waals surface area contributed by atoms with Crippen LogP contribution < -0.4 is 10.6 Å². The van der Waals surface area contributed by atoms with Crippen molar-refractivity contribution in [2.45, 2.75) is 17.7 Å². The summed E-state index contributed by atoms with van der Waals surface area (Å²) in [6, 6.07) is 6.57. The van der Waals surface area contributed by atoms with Gasteiger partial charge in [0.05, 0.1) is 4.90 Å². The maximum absolute atomic E-state index is 11.2. The molecular weight excluding hydrogens is 252 g/mol. The predicted octanol–water partition coefficient (Wildman–Crippen LogP) is 1.03. The molecule has 0 aromatic heterocycles. The lowest BCUT2D eigenvalue weighted by molar-refractivity contribution is -0.120. The molecular formula is C12H18N2O3S. The molecule has 0 fully saturated rings. The predicted molar refractivity (Wildman–Crippen MR) is 71.3 cm³/mol. The van der Waals surface area contributed by atoms with Crippen LogP contribution in [0.4, 0.5) is 5.69 Å². The number of sulfone groups is 1. The molecule has 0 radical (unpaired) electrons. The number of hydrogen-bond donors (Lipinski definition) is 2. The van der Waals surface area contributed by atoms with E-state index in [9.17, 15) is 13.2 Å². The van der Waals surface area contributed by atoms with Gasteiger partial charge in [0.15, 0.2) is 9.84 Å². The van der Waals surface area contributed by atoms with Crippen molar-refractivity contribution in [3.8, 4) is 0 Å². The van der Waals surface area contributed by atoms with Crippen LogP contribution in [-0.2, 0) is 14.6 Å². The Hall–Kier alpha value is -1.56. The van der Waals surface area contributed by atoms with Crippen molar-refractivity contribution in [1.82, 2.24) is 5.32 Å². The van der Waals surface area contributed by atoms with Gasteiger partial charge in [-0.15, -0.1) is 0 Å². The van der Waals surface area contributed by atoms with E-state index in [-0.39, 0.29) is 5.91 Å². The lowest BCUT2D eigenvalue weighted by Gasteiger charge is -2.06. The number of amides is 1. The number of nitrogens with one attached hydrogen (secondary N) is 2. The minimum absolute atomic E-state index is 0.0178. The molecule has 0 heterocycles. The second kappa shape index (κ2) is 6.39. The zero-order valence-corrected chi connectivity index (χ0v) is 11.4. The fourth-order valence-corrected chi connectivity index (χ4v) is 2.06. The van der Waals surface area contributed by atoms with Gasteiger partial charge in [0.1, 0.15) is 0 Å². The molecule has 6 heteroatoms. The van der Waals surface area contributed by atoms with Crippen molar-refractivity contribution in [3.63, 3.8) is 0 Å². The van der Waals surface area contributed by atoms with Crippen LogP contribution in [0, 0.1) is 0 Å². The van der Waals surface area contributed by atoms with Gasteiger partial charge in [-0.25, -0.2) is 8.42 Å². The van der Waals surface area contributed by atoms with E-state index in [1.54, 1.807) is 31.3 Å². The van der Waals surface area contributed by atoms with Crippen LogP contribution in [0.2, 0.25) is 0 Å². The molecule has 0 saturated carbocycles. The number of carbonyl (C=O) groups excluding carboxylic acids is 1. The second-order valence-electron chi connectivity index (χ2n) is 4.00. The smallest absolute Gasteiger partial charge is 0.219 e. The summed E-state index contributed by atoms with van der Waals surface area (Å²) >= 11 is 0. The van der Waals surface area contributed by atoms with Gasteiger partial charge in [-0.3, -0.25) is 4.79 Å². The third kappa shape index (κ3) is 4.75. The highest BCUT2D eigenvalue weighted by Gasteiger charge is 2.05. The number of anilines is 1. The van der Waals surface area contributed by atoms with Gasteiger partial charge in [-0.2, -0.15) is 0 Å². The summed E-state index contributed by atoms with van der Waals surface area (Å²) in [6.45, 7) is 0.672. The molecule has 0 aliphatic rings. The van der Waals surface area contributed by atoms with Crippen molar-refractivity contribution in [3.05, 3.63) is 24.3 Å². The van der Waals surface area contributed by atoms with E-state index in [4.69, 9.17) is 0 Å². The van der Waals surface area contributed by atoms with Crippen LogP contribution in [0.5, 0.6) is 0 Å². The molecule has 0 aliphatic heterocycles. The molecule has 5 nitrogen and oxygen atoms in total. The summed E-state index contributed by atoms with van der Waals surface area (Å²) in [6.07, 6.45) is 2.39. The fraction of sp³-hybridized carbons (Fsp3) is 0.417. The first-order valence-electron chi connectivity index (χ1n) is 5.68. The quantitative estimate of drug-likeness (QED) is 0.757. The minimum atomic E-state index is -3.14. The number of rotatable bonds is 6. The van der Waals surface area contributed by atoms with Crippen molar-refractivity contribution < 1.29 is 13.2 Å². The molecule has 0 bridgehead atoms. The van der Waals surface area contributed by atoms with Crippen molar-refractivity contribution in [2.75, 3.05) is 25.2 Å². The minimum Gasteiger partial charge on any atom is -0.385 e. The second-order valence-corrected chi connectivity index (χ2v) is 6.02. The Bertz CT molecular complexity index is 495. The van der Waals surface area contributed by atoms with Crippen LogP contribution in [-0.4, -0.2) is 34.2 Å². The Morgan fingerprint density at radius 2 is 1.83 bits per heavy atom. The summed E-state index contributed by atoms with van der Waals surface area (Å²) in [5.41, 5.74) is 0.847. The molecule has 1 amide bonds. The largest absolute Gasteiger partial charge is 0.385 e. The number of benzene rings is 1. The lowest BCUT2D eigenvalue weighted by atomic mass is 10.2. The first-order chi connectivity index (χ1) is 8.43. The van der Waals surface area contributed by atoms with Crippen LogP contribution in [0.25, 0.3) is 0 Å². The van der Waals surface area contributed by atoms with E-state index in [1.165, 1.54) is 6.26 Å². The average Bonchev–Trinajstić information content (AvgIpc) is 2.33. The number of hydrogen-bond acceptors (Lipinski definition) is 4. The SMILES string of the molecule is CNC(=O)CCCNc1ccc(S(C)(=O)=O)cc1. The van der Waals surface area contributed by atoms with Gasteiger partial charge < -0.3 is 10.6 Å². The van der Waals surface area contributed by atoms with Gasteiger partial charge in [-0.1, -0.05) is 0 Å². The number of carbonyl (C=O) groups is 1. The maximum atomic E-state index is 11.2. The molecule has 0 saturated heterocycles. The molecule has 1 aromatic carbocycles. The molecule has 2 N–H and O–H groups in total. The normalized spacial score (nSPS) is 11.0. The van der Waals surface area contributed by atoms with Crippen molar-refractivity contribution in [2.24, 2.45) is 0 Å². The Labute approximate surface area is 108 Å². The van der Waals surface area contributed by atoms with E-state index >= 15 is 0 Å². The molecule has 0 spiro atoms. The van der Waals surface area contributed by atoms with E-state index in [0.29, 0.717) is 17.9 Å². The van der Waals surface area contributed by atoms with E-state index < -0.39 is 9.84 Å². The van der Waals surface area contributed by atoms with E-state index in [1.807, 2.05) is 0 Å². The zero-order chi connectivity index (χ0) is 13.6. The van der Waals surface area contributed by atoms with Crippen LogP contribution >= 0.6 is 0 Å². The van der Waals surface area contributed by atoms with E-state index in [0.717, 1.165) is 12.1 Å². The summed E-state index contributed by atoms with van der Waals surface area (Å²) in [4.78, 5) is 11.3. The molecule has 0 aliphatic carbocycles. The van der Waals surface area contributed by atoms with Crippen molar-refractivity contribution in [1.29, 1.82) is 0 Å². The van der Waals surface area contributed by atoms with Crippen molar-refractivity contribution >= 4 is 21.4 Å². The topological polar surface area (TPSA) is 75.3 Å². The van der Waals surface area contributed by atoms with Gasteiger partial charge in [0.2, 0.25) is 5.91 Å². The highest BCUT2D eigenvalue weighted by atomic mass is 32.2. The molecule has 0 atom stereocenters. The molecule has 1 aromatic rings. The zero-order valence-electron chi connectivity index (χ0n) is 10.6. The first kappa shape index (κ1) is 14.5. The Morgan fingerprint density at radius 1 is 1.22 bits per heavy atom. The Kier molecular flexibility index (Phi) is 5.15. The fourth-order valence-electron chi connectivity index (χ4n) is 1.43. The Balaban J connectivity index is 2.43. The highest BCUT2D eigenvalue weighted by Crippen LogP contribution is 2.13. The molecule has 18 heavy (non-hydrogen) atoms. The van der Waals surface area contributed by atoms with Gasteiger partial charge in [0, 0.05) is 32.0 Å². The van der Waals surface area contributed by atoms with Gasteiger partial charge >= 0.3 is 0 Å². The van der Waals surface area contributed by atoms with Crippen LogP contribution in [0.3, 0.4) is 0 Å². The first-order valence-corrected chi connectivity index (χ1v) is 7.57.